The minimum atomic E-state index is -4.67. The zero-order valence-corrected chi connectivity index (χ0v) is 19.6. The molecule has 3 aromatic rings. The fourth-order valence-electron chi connectivity index (χ4n) is 3.51. The highest BCUT2D eigenvalue weighted by molar-refractivity contribution is 6.34. The van der Waals surface area contributed by atoms with Gasteiger partial charge >= 0.3 is 6.18 Å². The maximum absolute atomic E-state index is 13.1. The van der Waals surface area contributed by atoms with E-state index in [4.69, 9.17) is 23.2 Å². The fourth-order valence-corrected chi connectivity index (χ4v) is 3.90. The second-order valence-corrected chi connectivity index (χ2v) is 8.73. The van der Waals surface area contributed by atoms with E-state index in [1.165, 1.54) is 30.6 Å². The zero-order chi connectivity index (χ0) is 25.4. The molecule has 1 saturated carbocycles. The predicted molar refractivity (Wildman–Crippen MR) is 127 cm³/mol. The summed E-state index contributed by atoms with van der Waals surface area (Å²) in [7, 11) is 1.70. The SMILES string of the molecule is CNc1cc(C2(C(=O)Nc3cc(C(=O)Nc4ccc(Cl)c(C(F)(F)F)c4)ccc3Cl)CC2)ncn1. The van der Waals surface area contributed by atoms with Crippen LogP contribution in [0.15, 0.2) is 48.8 Å². The molecular weight excluding hydrogens is 506 g/mol. The topological polar surface area (TPSA) is 96.0 Å². The summed E-state index contributed by atoms with van der Waals surface area (Å²) in [6, 6.07) is 8.91. The fraction of sp³-hybridized carbons (Fsp3) is 0.217. The van der Waals surface area contributed by atoms with Gasteiger partial charge in [0.1, 0.15) is 12.1 Å². The average Bonchev–Trinajstić information content (AvgIpc) is 3.63. The smallest absolute Gasteiger partial charge is 0.373 e. The van der Waals surface area contributed by atoms with Gasteiger partial charge in [-0.05, 0) is 49.2 Å². The number of alkyl halides is 3. The number of benzene rings is 2. The van der Waals surface area contributed by atoms with Gasteiger partial charge in [0.15, 0.2) is 0 Å². The summed E-state index contributed by atoms with van der Waals surface area (Å²) in [6.07, 6.45) is -2.15. The molecule has 3 N–H and O–H groups in total. The Hall–Kier alpha value is -3.37. The molecule has 0 aliphatic heterocycles. The molecular formula is C23H18Cl2F3N5O2. The first kappa shape index (κ1) is 24.7. The maximum atomic E-state index is 13.1. The number of carbonyl (C=O) groups excluding carboxylic acids is 2. The molecule has 1 aromatic heterocycles. The summed E-state index contributed by atoms with van der Waals surface area (Å²) < 4.78 is 39.3. The van der Waals surface area contributed by atoms with Crippen LogP contribution in [0, 0.1) is 0 Å². The van der Waals surface area contributed by atoms with E-state index in [1.807, 2.05) is 0 Å². The van der Waals surface area contributed by atoms with Gasteiger partial charge in [-0.15, -0.1) is 0 Å². The first-order chi connectivity index (χ1) is 16.5. The van der Waals surface area contributed by atoms with E-state index in [1.54, 1.807) is 13.1 Å². The zero-order valence-electron chi connectivity index (χ0n) is 18.1. The summed E-state index contributed by atoms with van der Waals surface area (Å²) >= 11 is 11.9. The molecule has 0 saturated heterocycles. The van der Waals surface area contributed by atoms with Crippen LogP contribution in [0.1, 0.15) is 34.5 Å². The van der Waals surface area contributed by atoms with Crippen molar-refractivity contribution in [1.82, 2.24) is 9.97 Å². The van der Waals surface area contributed by atoms with Crippen LogP contribution in [0.4, 0.5) is 30.4 Å². The molecule has 0 spiro atoms. The number of amides is 2. The van der Waals surface area contributed by atoms with Gasteiger partial charge in [-0.25, -0.2) is 9.97 Å². The molecule has 1 aliphatic rings. The van der Waals surface area contributed by atoms with E-state index in [0.717, 1.165) is 12.1 Å². The van der Waals surface area contributed by atoms with Crippen molar-refractivity contribution in [3.05, 3.63) is 75.7 Å². The van der Waals surface area contributed by atoms with Gasteiger partial charge in [0, 0.05) is 24.4 Å². The monoisotopic (exact) mass is 523 g/mol. The lowest BCUT2D eigenvalue weighted by Crippen LogP contribution is -2.29. The van der Waals surface area contributed by atoms with E-state index >= 15 is 0 Å². The number of halogens is 5. The Kier molecular flexibility index (Phi) is 6.61. The number of hydrogen-bond acceptors (Lipinski definition) is 5. The number of rotatable bonds is 6. The van der Waals surface area contributed by atoms with Crippen LogP contribution in [0.2, 0.25) is 10.0 Å². The Balaban J connectivity index is 1.53. The summed E-state index contributed by atoms with van der Waals surface area (Å²) in [6.45, 7) is 0. The van der Waals surface area contributed by atoms with Crippen molar-refractivity contribution < 1.29 is 22.8 Å². The molecule has 35 heavy (non-hydrogen) atoms. The maximum Gasteiger partial charge on any atom is 0.417 e. The molecule has 0 bridgehead atoms. The van der Waals surface area contributed by atoms with Crippen LogP contribution < -0.4 is 16.0 Å². The molecule has 0 unspecified atom stereocenters. The molecule has 182 valence electrons. The number of anilines is 3. The molecule has 0 atom stereocenters. The Bertz CT molecular complexity index is 1310. The van der Waals surface area contributed by atoms with Crippen molar-refractivity contribution in [2.75, 3.05) is 23.0 Å². The van der Waals surface area contributed by atoms with Crippen LogP contribution in [-0.2, 0) is 16.4 Å². The third kappa shape index (κ3) is 5.18. The normalized spacial score (nSPS) is 14.2. The van der Waals surface area contributed by atoms with Gasteiger partial charge in [0.25, 0.3) is 5.91 Å². The van der Waals surface area contributed by atoms with Crippen LogP contribution in [0.3, 0.4) is 0 Å². The van der Waals surface area contributed by atoms with E-state index in [-0.39, 0.29) is 27.9 Å². The molecule has 1 fully saturated rings. The highest BCUT2D eigenvalue weighted by atomic mass is 35.5. The Morgan fingerprint density at radius 2 is 1.69 bits per heavy atom. The van der Waals surface area contributed by atoms with Gasteiger partial charge in [0.2, 0.25) is 5.91 Å². The number of aromatic nitrogens is 2. The van der Waals surface area contributed by atoms with E-state index < -0.39 is 28.1 Å². The van der Waals surface area contributed by atoms with Crippen LogP contribution in [0.5, 0.6) is 0 Å². The molecule has 1 heterocycles. The van der Waals surface area contributed by atoms with Crippen molar-refractivity contribution >= 4 is 52.2 Å². The van der Waals surface area contributed by atoms with Crippen molar-refractivity contribution in [3.8, 4) is 0 Å². The lowest BCUT2D eigenvalue weighted by Gasteiger charge is -2.17. The summed E-state index contributed by atoms with van der Waals surface area (Å²) in [4.78, 5) is 34.1. The Morgan fingerprint density at radius 3 is 2.34 bits per heavy atom. The average molecular weight is 524 g/mol. The van der Waals surface area contributed by atoms with Crippen LogP contribution in [0.25, 0.3) is 0 Å². The quantitative estimate of drug-likeness (QED) is 0.381. The van der Waals surface area contributed by atoms with Crippen molar-refractivity contribution in [1.29, 1.82) is 0 Å². The number of carbonyl (C=O) groups is 2. The van der Waals surface area contributed by atoms with Gasteiger partial charge in [0.05, 0.1) is 32.4 Å². The first-order valence-corrected chi connectivity index (χ1v) is 11.1. The summed E-state index contributed by atoms with van der Waals surface area (Å²) in [5.74, 6) is -0.463. The van der Waals surface area contributed by atoms with Crippen LogP contribution >= 0.6 is 23.2 Å². The minimum absolute atomic E-state index is 0.0811. The van der Waals surface area contributed by atoms with E-state index in [2.05, 4.69) is 25.9 Å². The first-order valence-electron chi connectivity index (χ1n) is 10.3. The third-order valence-corrected chi connectivity index (χ3v) is 6.26. The molecule has 2 amide bonds. The molecule has 7 nitrogen and oxygen atoms in total. The van der Waals surface area contributed by atoms with Gasteiger partial charge in [-0.3, -0.25) is 9.59 Å². The van der Waals surface area contributed by atoms with E-state index in [0.29, 0.717) is 24.4 Å². The predicted octanol–water partition coefficient (Wildman–Crippen LogP) is 5.77. The minimum Gasteiger partial charge on any atom is -0.373 e. The number of nitrogens with zero attached hydrogens (tertiary/aromatic N) is 2. The summed E-state index contributed by atoms with van der Waals surface area (Å²) in [5, 5.41) is 7.76. The van der Waals surface area contributed by atoms with Crippen molar-refractivity contribution in [2.45, 2.75) is 24.4 Å². The lowest BCUT2D eigenvalue weighted by molar-refractivity contribution is -0.137. The largest absolute Gasteiger partial charge is 0.417 e. The molecule has 4 rings (SSSR count). The highest BCUT2D eigenvalue weighted by Crippen LogP contribution is 2.48. The van der Waals surface area contributed by atoms with Crippen molar-refractivity contribution in [2.24, 2.45) is 0 Å². The number of hydrogen-bond donors (Lipinski definition) is 3. The van der Waals surface area contributed by atoms with Gasteiger partial charge in [-0.2, -0.15) is 13.2 Å². The summed E-state index contributed by atoms with van der Waals surface area (Å²) in [5.41, 5.74) is -1.17. The molecule has 12 heteroatoms. The Morgan fingerprint density at radius 1 is 0.971 bits per heavy atom. The molecule has 1 aliphatic carbocycles. The van der Waals surface area contributed by atoms with Crippen molar-refractivity contribution in [3.63, 3.8) is 0 Å². The molecule has 2 aromatic carbocycles. The van der Waals surface area contributed by atoms with Gasteiger partial charge in [-0.1, -0.05) is 23.2 Å². The van der Waals surface area contributed by atoms with Crippen LogP contribution in [-0.4, -0.2) is 28.8 Å². The molecule has 0 radical (unpaired) electrons. The third-order valence-electron chi connectivity index (χ3n) is 5.60. The lowest BCUT2D eigenvalue weighted by atomic mass is 10.0. The number of nitrogens with one attached hydrogen (secondary N) is 3. The van der Waals surface area contributed by atoms with Gasteiger partial charge < -0.3 is 16.0 Å². The second-order valence-electron chi connectivity index (χ2n) is 7.92. The second kappa shape index (κ2) is 9.35. The van der Waals surface area contributed by atoms with E-state index in [9.17, 15) is 22.8 Å². The highest BCUT2D eigenvalue weighted by Gasteiger charge is 2.53. The standard InChI is InChI=1S/C23H18Cl2F3N5O2/c1-29-19-10-18(30-11-31-19)22(6-7-22)21(35)33-17-8-12(2-4-16(17)25)20(34)32-13-3-5-15(24)14(9-13)23(26,27)28/h2-5,8-11H,6-7H2,1H3,(H,32,34)(H,33,35)(H,29,30,31). The Labute approximate surface area is 208 Å².